The van der Waals surface area contributed by atoms with Gasteiger partial charge in [-0.3, -0.25) is 0 Å². The molecule has 0 atom stereocenters. The Morgan fingerprint density at radius 3 is 1.59 bits per heavy atom. The Bertz CT molecular complexity index is 3160. The fourth-order valence-electron chi connectivity index (χ4n) is 9.53. The van der Waals surface area contributed by atoms with E-state index in [0.29, 0.717) is 0 Å². The van der Waals surface area contributed by atoms with Gasteiger partial charge >= 0.3 is 0 Å². The summed E-state index contributed by atoms with van der Waals surface area (Å²) in [5.74, 6) is 0. The summed E-state index contributed by atoms with van der Waals surface area (Å²) in [6.45, 7) is 4.77. The lowest BCUT2D eigenvalue weighted by molar-refractivity contribution is 0.645. The molecule has 274 valence electrons. The largest absolute Gasteiger partial charge is 0.310 e. The van der Waals surface area contributed by atoms with Crippen molar-refractivity contribution in [2.75, 3.05) is 4.90 Å². The van der Waals surface area contributed by atoms with Gasteiger partial charge in [-0.2, -0.15) is 0 Å². The highest BCUT2D eigenvalue weighted by Crippen LogP contribution is 2.53. The zero-order valence-electron chi connectivity index (χ0n) is 32.7. The van der Waals surface area contributed by atoms with E-state index < -0.39 is 0 Å². The topological polar surface area (TPSA) is 3.24 Å². The quantitative estimate of drug-likeness (QED) is 0.154. The third-order valence-electron chi connectivity index (χ3n) is 12.4. The number of hydrogen-bond acceptors (Lipinski definition) is 1. The van der Waals surface area contributed by atoms with Gasteiger partial charge in [-0.05, 0) is 119 Å². The molecule has 0 saturated carbocycles. The summed E-state index contributed by atoms with van der Waals surface area (Å²) in [4.78, 5) is 2.43. The van der Waals surface area contributed by atoms with Gasteiger partial charge in [0.05, 0.1) is 5.69 Å². The summed E-state index contributed by atoms with van der Waals surface area (Å²) in [6, 6.07) is 78.1. The van der Waals surface area contributed by atoms with Crippen LogP contribution in [0.3, 0.4) is 0 Å². The summed E-state index contributed by atoms with van der Waals surface area (Å²) in [6.07, 6.45) is 0. The molecule has 10 aromatic rings. The minimum absolute atomic E-state index is 0.158. The van der Waals surface area contributed by atoms with Crippen LogP contribution in [-0.2, 0) is 5.41 Å². The molecule has 0 radical (unpaired) electrons. The Kier molecular flexibility index (Phi) is 7.91. The van der Waals surface area contributed by atoms with Gasteiger partial charge in [-0.1, -0.05) is 190 Å². The zero-order chi connectivity index (χ0) is 38.8. The zero-order valence-corrected chi connectivity index (χ0v) is 32.7. The van der Waals surface area contributed by atoms with Gasteiger partial charge < -0.3 is 4.90 Å². The molecule has 0 fully saturated rings. The minimum Gasteiger partial charge on any atom is -0.310 e. The predicted octanol–water partition coefficient (Wildman–Crippen LogP) is 15.9. The molecule has 1 nitrogen and oxygen atoms in total. The van der Waals surface area contributed by atoms with E-state index in [-0.39, 0.29) is 5.41 Å². The van der Waals surface area contributed by atoms with Crippen molar-refractivity contribution >= 4 is 49.4 Å². The standard InChI is InChI=1S/C57H41N/c1-57(2)52-23-13-19-42-28-34-48(56(55(42)52)51-35-29-43(36-53(51)57)39-16-7-4-8-17-39)41-26-32-46(33-27-41)58(45-30-24-40(25-31-45)38-14-5-3-6-15-38)54-37-44-18-9-10-20-47(44)49-21-11-12-22-50(49)54/h3-37H,1-2H3. The first-order valence-electron chi connectivity index (χ1n) is 20.3. The molecule has 0 amide bonds. The first-order chi connectivity index (χ1) is 28.5. The molecule has 0 N–H and O–H groups in total. The van der Waals surface area contributed by atoms with Crippen molar-refractivity contribution in [2.45, 2.75) is 19.3 Å². The van der Waals surface area contributed by atoms with Crippen molar-refractivity contribution in [1.29, 1.82) is 0 Å². The van der Waals surface area contributed by atoms with E-state index in [9.17, 15) is 0 Å². The number of benzene rings is 10. The minimum atomic E-state index is -0.158. The number of fused-ring (bicyclic) bond motifs is 5. The normalized spacial score (nSPS) is 12.8. The molecule has 58 heavy (non-hydrogen) atoms. The van der Waals surface area contributed by atoms with Crippen molar-refractivity contribution in [3.05, 3.63) is 223 Å². The van der Waals surface area contributed by atoms with Crippen LogP contribution in [0.15, 0.2) is 212 Å². The smallest absolute Gasteiger partial charge is 0.0546 e. The highest BCUT2D eigenvalue weighted by Gasteiger charge is 2.35. The van der Waals surface area contributed by atoms with Gasteiger partial charge in [0.2, 0.25) is 0 Å². The molecule has 0 aromatic heterocycles. The van der Waals surface area contributed by atoms with Gasteiger partial charge in [-0.25, -0.2) is 0 Å². The average molecular weight is 740 g/mol. The second-order valence-corrected chi connectivity index (χ2v) is 16.1. The molecule has 1 aliphatic rings. The van der Waals surface area contributed by atoms with E-state index in [1.165, 1.54) is 88.0 Å². The lowest BCUT2D eigenvalue weighted by Crippen LogP contribution is -2.24. The molecule has 10 aromatic carbocycles. The molecule has 0 heterocycles. The molecule has 0 spiro atoms. The molecule has 0 saturated heterocycles. The van der Waals surface area contributed by atoms with Gasteiger partial charge in [0.15, 0.2) is 0 Å². The van der Waals surface area contributed by atoms with E-state index >= 15 is 0 Å². The van der Waals surface area contributed by atoms with Crippen LogP contribution in [-0.4, -0.2) is 0 Å². The van der Waals surface area contributed by atoms with Crippen molar-refractivity contribution in [1.82, 2.24) is 0 Å². The first-order valence-corrected chi connectivity index (χ1v) is 20.3. The predicted molar refractivity (Wildman–Crippen MR) is 248 cm³/mol. The maximum absolute atomic E-state index is 2.43. The highest BCUT2D eigenvalue weighted by atomic mass is 15.1. The fourth-order valence-corrected chi connectivity index (χ4v) is 9.53. The molecular weight excluding hydrogens is 699 g/mol. The van der Waals surface area contributed by atoms with Crippen LogP contribution in [0.25, 0.3) is 76.8 Å². The Labute approximate surface area is 340 Å². The third kappa shape index (κ3) is 5.46. The van der Waals surface area contributed by atoms with Gasteiger partial charge in [0.25, 0.3) is 0 Å². The maximum Gasteiger partial charge on any atom is 0.0546 e. The number of rotatable bonds is 6. The van der Waals surface area contributed by atoms with Crippen LogP contribution < -0.4 is 4.90 Å². The Morgan fingerprint density at radius 1 is 0.345 bits per heavy atom. The van der Waals surface area contributed by atoms with Crippen molar-refractivity contribution < 1.29 is 0 Å². The summed E-state index contributed by atoms with van der Waals surface area (Å²) >= 11 is 0. The molecular formula is C57H41N. The van der Waals surface area contributed by atoms with Gasteiger partial charge in [-0.15, -0.1) is 0 Å². The van der Waals surface area contributed by atoms with Crippen LogP contribution in [0, 0.1) is 0 Å². The fraction of sp³-hybridized carbons (Fsp3) is 0.0526. The Balaban J connectivity index is 1.08. The van der Waals surface area contributed by atoms with Crippen molar-refractivity contribution in [3.63, 3.8) is 0 Å². The number of anilines is 3. The van der Waals surface area contributed by atoms with E-state index in [1.54, 1.807) is 0 Å². The monoisotopic (exact) mass is 739 g/mol. The SMILES string of the molecule is CC1(C)c2cc(-c3ccccc3)ccc2-c2c(-c3ccc(N(c4ccc(-c5ccccc5)cc4)c4cc5ccccc5c5ccccc45)cc3)ccc3cccc1c23. The van der Waals surface area contributed by atoms with E-state index in [2.05, 4.69) is 231 Å². The summed E-state index contributed by atoms with van der Waals surface area (Å²) in [7, 11) is 0. The van der Waals surface area contributed by atoms with Crippen LogP contribution in [0.5, 0.6) is 0 Å². The van der Waals surface area contributed by atoms with E-state index in [4.69, 9.17) is 0 Å². The first kappa shape index (κ1) is 34.1. The summed E-state index contributed by atoms with van der Waals surface area (Å²) < 4.78 is 0. The Hall–Kier alpha value is -7.22. The summed E-state index contributed by atoms with van der Waals surface area (Å²) in [5.41, 5.74) is 16.0. The lowest BCUT2D eigenvalue weighted by Gasteiger charge is -2.36. The molecule has 11 rings (SSSR count). The maximum atomic E-state index is 2.43. The second kappa shape index (κ2) is 13.5. The van der Waals surface area contributed by atoms with Crippen LogP contribution >= 0.6 is 0 Å². The van der Waals surface area contributed by atoms with Crippen LogP contribution in [0.2, 0.25) is 0 Å². The van der Waals surface area contributed by atoms with Crippen molar-refractivity contribution in [3.8, 4) is 44.5 Å². The van der Waals surface area contributed by atoms with Crippen LogP contribution in [0.4, 0.5) is 17.1 Å². The van der Waals surface area contributed by atoms with Crippen LogP contribution in [0.1, 0.15) is 25.0 Å². The van der Waals surface area contributed by atoms with Gasteiger partial charge in [0.1, 0.15) is 0 Å². The molecule has 0 unspecified atom stereocenters. The second-order valence-electron chi connectivity index (χ2n) is 16.1. The third-order valence-corrected chi connectivity index (χ3v) is 12.4. The molecule has 1 heteroatoms. The number of hydrogen-bond donors (Lipinski definition) is 0. The molecule has 0 aliphatic heterocycles. The lowest BCUT2D eigenvalue weighted by atomic mass is 9.67. The van der Waals surface area contributed by atoms with E-state index in [0.717, 1.165) is 17.1 Å². The Morgan fingerprint density at radius 2 is 0.879 bits per heavy atom. The summed E-state index contributed by atoms with van der Waals surface area (Å²) in [5, 5.41) is 7.60. The van der Waals surface area contributed by atoms with Crippen molar-refractivity contribution in [2.24, 2.45) is 0 Å². The highest BCUT2D eigenvalue weighted by molar-refractivity contribution is 6.15. The number of nitrogens with zero attached hydrogens (tertiary/aromatic N) is 1. The average Bonchev–Trinajstić information content (AvgIpc) is 3.29. The molecule has 0 bridgehead atoms. The molecule has 1 aliphatic carbocycles. The van der Waals surface area contributed by atoms with E-state index in [1.807, 2.05) is 0 Å². The van der Waals surface area contributed by atoms with Gasteiger partial charge in [0, 0.05) is 22.2 Å².